The summed E-state index contributed by atoms with van der Waals surface area (Å²) < 4.78 is 1.35. The summed E-state index contributed by atoms with van der Waals surface area (Å²) in [5.41, 5.74) is 1.14. The van der Waals surface area contributed by atoms with Gasteiger partial charge in [0.15, 0.2) is 5.82 Å². The summed E-state index contributed by atoms with van der Waals surface area (Å²) in [5.74, 6) is 0.690. The smallest absolute Gasteiger partial charge is 0.405 e. The molecule has 0 radical (unpaired) electrons. The Hall–Kier alpha value is -3.16. The second-order valence-electron chi connectivity index (χ2n) is 5.42. The summed E-state index contributed by atoms with van der Waals surface area (Å²) in [6.07, 6.45) is 0.868. The molecule has 0 aliphatic carbocycles. The zero-order valence-corrected chi connectivity index (χ0v) is 13.3. The van der Waals surface area contributed by atoms with Crippen LogP contribution in [-0.2, 0) is 0 Å². The van der Waals surface area contributed by atoms with E-state index in [0.29, 0.717) is 29.0 Å². The van der Waals surface area contributed by atoms with Crippen LogP contribution < -0.4 is 10.9 Å². The largest absolute Gasteiger partial charge is 0.465 e. The summed E-state index contributed by atoms with van der Waals surface area (Å²) in [6, 6.07) is 6.37. The molecule has 0 fully saturated rings. The molecule has 1 unspecified atom stereocenters. The summed E-state index contributed by atoms with van der Waals surface area (Å²) >= 11 is 0. The first-order valence-electron chi connectivity index (χ1n) is 7.54. The molecule has 0 saturated carbocycles. The van der Waals surface area contributed by atoms with E-state index in [4.69, 9.17) is 5.11 Å². The zero-order valence-electron chi connectivity index (χ0n) is 13.3. The van der Waals surface area contributed by atoms with E-state index in [1.807, 2.05) is 19.9 Å². The monoisotopic (exact) mass is 327 g/mol. The number of hydrogen-bond acceptors (Lipinski definition) is 4. The van der Waals surface area contributed by atoms with Crippen molar-refractivity contribution < 1.29 is 9.90 Å². The lowest BCUT2D eigenvalue weighted by Gasteiger charge is -2.19. The fourth-order valence-corrected chi connectivity index (χ4v) is 2.70. The van der Waals surface area contributed by atoms with E-state index in [1.54, 1.807) is 24.4 Å². The molecule has 2 aromatic heterocycles. The van der Waals surface area contributed by atoms with Gasteiger partial charge in [0.1, 0.15) is 5.82 Å². The lowest BCUT2D eigenvalue weighted by molar-refractivity contribution is 0.188. The normalized spacial score (nSPS) is 12.2. The zero-order chi connectivity index (χ0) is 17.3. The third-order valence-electron chi connectivity index (χ3n) is 3.86. The molecule has 2 heterocycles. The van der Waals surface area contributed by atoms with Crippen LogP contribution in [0.25, 0.3) is 16.7 Å². The van der Waals surface area contributed by atoms with Gasteiger partial charge >= 0.3 is 6.09 Å². The first kappa shape index (κ1) is 15.7. The van der Waals surface area contributed by atoms with Crippen LogP contribution >= 0.6 is 0 Å². The first-order chi connectivity index (χ1) is 11.5. The molecule has 3 aromatic rings. The Kier molecular flexibility index (Phi) is 4.03. The summed E-state index contributed by atoms with van der Waals surface area (Å²) in [5, 5.41) is 18.7. The van der Waals surface area contributed by atoms with Gasteiger partial charge in [0.2, 0.25) is 0 Å². The summed E-state index contributed by atoms with van der Waals surface area (Å²) in [4.78, 5) is 28.7. The Balaban J connectivity index is 2.37. The number of hydrogen-bond donors (Lipinski definition) is 3. The minimum atomic E-state index is -1.17. The number of nitrogens with one attached hydrogen (secondary N) is 2. The molecule has 3 N–H and O–H groups in total. The van der Waals surface area contributed by atoms with Crippen LogP contribution in [0, 0.1) is 6.92 Å². The quantitative estimate of drug-likeness (QED) is 0.679. The number of aromatic nitrogens is 4. The summed E-state index contributed by atoms with van der Waals surface area (Å²) in [6.45, 7) is 3.69. The maximum atomic E-state index is 13.0. The van der Waals surface area contributed by atoms with Crippen LogP contribution in [0.4, 0.5) is 4.79 Å². The molecule has 8 heteroatoms. The van der Waals surface area contributed by atoms with Crippen LogP contribution in [-0.4, -0.2) is 30.9 Å². The van der Waals surface area contributed by atoms with E-state index in [0.717, 1.165) is 5.56 Å². The molecular formula is C16H17N5O3. The number of carboxylic acid groups (broad SMARTS) is 1. The lowest BCUT2D eigenvalue weighted by atomic mass is 10.1. The van der Waals surface area contributed by atoms with E-state index in [1.165, 1.54) is 4.57 Å². The molecule has 1 atom stereocenters. The van der Waals surface area contributed by atoms with Crippen LogP contribution in [0.3, 0.4) is 0 Å². The predicted octanol–water partition coefficient (Wildman–Crippen LogP) is 2.14. The Labute approximate surface area is 137 Å². The number of benzene rings is 1. The van der Waals surface area contributed by atoms with Crippen molar-refractivity contribution in [2.75, 3.05) is 0 Å². The highest BCUT2D eigenvalue weighted by Crippen LogP contribution is 2.21. The maximum Gasteiger partial charge on any atom is 0.405 e. The van der Waals surface area contributed by atoms with Gasteiger partial charge < -0.3 is 10.4 Å². The Morgan fingerprint density at radius 2 is 2.21 bits per heavy atom. The topological polar surface area (TPSA) is 113 Å². The maximum absolute atomic E-state index is 13.0. The number of carbonyl (C=O) groups is 1. The number of para-hydroxylation sites is 1. The molecule has 0 bridgehead atoms. The molecule has 124 valence electrons. The number of aromatic amines is 1. The number of nitrogens with zero attached hydrogens (tertiary/aromatic N) is 3. The first-order valence-corrected chi connectivity index (χ1v) is 7.54. The van der Waals surface area contributed by atoms with Gasteiger partial charge in [-0.3, -0.25) is 9.89 Å². The number of aryl methyl sites for hydroxylation is 1. The average molecular weight is 327 g/mol. The number of H-pyrrole nitrogens is 1. The van der Waals surface area contributed by atoms with Gasteiger partial charge in [-0.05, 0) is 25.0 Å². The second-order valence-corrected chi connectivity index (χ2v) is 5.42. The number of amides is 1. The molecule has 0 saturated heterocycles. The predicted molar refractivity (Wildman–Crippen MR) is 88.4 cm³/mol. The average Bonchev–Trinajstić information content (AvgIpc) is 3.07. The SMILES string of the molecule is CCC(NC(=O)O)c1nc2c(C)cccc2c(=O)n1-c1cc[nH]n1. The molecule has 8 nitrogen and oxygen atoms in total. The molecule has 0 aliphatic heterocycles. The Morgan fingerprint density at radius 3 is 2.83 bits per heavy atom. The third kappa shape index (κ3) is 2.62. The van der Waals surface area contributed by atoms with Gasteiger partial charge in [0, 0.05) is 12.3 Å². The second kappa shape index (κ2) is 6.15. The molecule has 3 rings (SSSR count). The highest BCUT2D eigenvalue weighted by Gasteiger charge is 2.22. The van der Waals surface area contributed by atoms with E-state index in [2.05, 4.69) is 20.5 Å². The minimum Gasteiger partial charge on any atom is -0.465 e. The van der Waals surface area contributed by atoms with E-state index in [9.17, 15) is 9.59 Å². The fraction of sp³-hybridized carbons (Fsp3) is 0.250. The highest BCUT2D eigenvalue weighted by atomic mass is 16.4. The van der Waals surface area contributed by atoms with Crippen LogP contribution in [0.5, 0.6) is 0 Å². The van der Waals surface area contributed by atoms with Crippen molar-refractivity contribution in [2.45, 2.75) is 26.3 Å². The van der Waals surface area contributed by atoms with E-state index in [-0.39, 0.29) is 5.56 Å². The lowest BCUT2D eigenvalue weighted by Crippen LogP contribution is -2.33. The van der Waals surface area contributed by atoms with E-state index >= 15 is 0 Å². The molecule has 0 aliphatic rings. The van der Waals surface area contributed by atoms with Gasteiger partial charge in [0.05, 0.1) is 16.9 Å². The third-order valence-corrected chi connectivity index (χ3v) is 3.86. The Bertz CT molecular complexity index is 946. The van der Waals surface area contributed by atoms with Crippen molar-refractivity contribution >= 4 is 17.0 Å². The van der Waals surface area contributed by atoms with Gasteiger partial charge in [-0.25, -0.2) is 14.3 Å². The highest BCUT2D eigenvalue weighted by molar-refractivity contribution is 5.81. The molecule has 24 heavy (non-hydrogen) atoms. The molecule has 1 aromatic carbocycles. The Morgan fingerprint density at radius 1 is 1.42 bits per heavy atom. The van der Waals surface area contributed by atoms with Crippen LogP contribution in [0.15, 0.2) is 35.3 Å². The van der Waals surface area contributed by atoms with Crippen molar-refractivity contribution in [3.63, 3.8) is 0 Å². The van der Waals surface area contributed by atoms with Crippen molar-refractivity contribution in [3.8, 4) is 5.82 Å². The van der Waals surface area contributed by atoms with E-state index < -0.39 is 12.1 Å². The van der Waals surface area contributed by atoms with Crippen molar-refractivity contribution in [1.82, 2.24) is 25.1 Å². The van der Waals surface area contributed by atoms with Gasteiger partial charge in [0.25, 0.3) is 5.56 Å². The standard InChI is InChI=1S/C16H17N5O3/c1-3-11(18-16(23)24)14-19-13-9(2)5-4-6-10(13)15(22)21(14)12-7-8-17-20-12/h4-8,11,18H,3H2,1-2H3,(H,17,20)(H,23,24). The molecular weight excluding hydrogens is 310 g/mol. The number of rotatable bonds is 4. The van der Waals surface area contributed by atoms with Crippen molar-refractivity contribution in [2.24, 2.45) is 0 Å². The van der Waals surface area contributed by atoms with Crippen LogP contribution in [0.2, 0.25) is 0 Å². The molecule has 0 spiro atoms. The fourth-order valence-electron chi connectivity index (χ4n) is 2.70. The van der Waals surface area contributed by atoms with Crippen molar-refractivity contribution in [3.05, 3.63) is 52.2 Å². The van der Waals surface area contributed by atoms with Crippen LogP contribution in [0.1, 0.15) is 30.8 Å². The van der Waals surface area contributed by atoms with Gasteiger partial charge in [-0.15, -0.1) is 0 Å². The van der Waals surface area contributed by atoms with Crippen molar-refractivity contribution in [1.29, 1.82) is 0 Å². The number of fused-ring (bicyclic) bond motifs is 1. The summed E-state index contributed by atoms with van der Waals surface area (Å²) in [7, 11) is 0. The van der Waals surface area contributed by atoms with Gasteiger partial charge in [-0.2, -0.15) is 5.10 Å². The van der Waals surface area contributed by atoms with Gasteiger partial charge in [-0.1, -0.05) is 19.1 Å². The minimum absolute atomic E-state index is 0.281. The molecule has 1 amide bonds.